The molecule has 0 aliphatic carbocycles. The highest BCUT2D eigenvalue weighted by molar-refractivity contribution is 7.88. The van der Waals surface area contributed by atoms with Crippen LogP contribution in [0.25, 0.3) is 10.9 Å². The van der Waals surface area contributed by atoms with Crippen molar-refractivity contribution in [3.05, 3.63) is 42.1 Å². The molecule has 7 heteroatoms. The summed E-state index contributed by atoms with van der Waals surface area (Å²) in [4.78, 5) is 16.7. The fourth-order valence-corrected chi connectivity index (χ4v) is 3.95. The van der Waals surface area contributed by atoms with Gasteiger partial charge in [-0.2, -0.15) is 0 Å². The minimum atomic E-state index is -3.11. The summed E-state index contributed by atoms with van der Waals surface area (Å²) in [7, 11) is -3.11. The second-order valence-corrected chi connectivity index (χ2v) is 8.17. The van der Waals surface area contributed by atoms with Gasteiger partial charge < -0.3 is 5.32 Å². The molecule has 0 saturated carbocycles. The predicted octanol–water partition coefficient (Wildman–Crippen LogP) is 1.64. The Kier molecular flexibility index (Phi) is 4.82. The zero-order chi connectivity index (χ0) is 17.2. The minimum absolute atomic E-state index is 0.112. The Morgan fingerprint density at radius 3 is 2.67 bits per heavy atom. The first-order valence-electron chi connectivity index (χ1n) is 8.02. The molecule has 1 aromatic carbocycles. The van der Waals surface area contributed by atoms with Crippen molar-refractivity contribution in [2.24, 2.45) is 5.92 Å². The Bertz CT molecular complexity index is 838. The molecule has 0 spiro atoms. The molecule has 1 N–H and O–H groups in total. The molecule has 0 radical (unpaired) electrons. The van der Waals surface area contributed by atoms with Crippen molar-refractivity contribution in [1.82, 2.24) is 14.6 Å². The lowest BCUT2D eigenvalue weighted by atomic mass is 9.98. The summed E-state index contributed by atoms with van der Waals surface area (Å²) in [5.74, 6) is 0.194. The Balaban J connectivity index is 1.60. The molecule has 0 bridgehead atoms. The molecular weight excluding hydrogens is 326 g/mol. The molecule has 128 valence electrons. The molecule has 6 nitrogen and oxygen atoms in total. The first-order valence-corrected chi connectivity index (χ1v) is 9.87. The number of rotatable bonds is 4. The Morgan fingerprint density at radius 2 is 1.96 bits per heavy atom. The van der Waals surface area contributed by atoms with Gasteiger partial charge in [-0.05, 0) is 30.9 Å². The van der Waals surface area contributed by atoms with E-state index in [1.54, 1.807) is 12.3 Å². The predicted molar refractivity (Wildman–Crippen MR) is 93.2 cm³/mol. The summed E-state index contributed by atoms with van der Waals surface area (Å²) in [6.07, 6.45) is 4.42. The maximum Gasteiger partial charge on any atom is 0.252 e. The summed E-state index contributed by atoms with van der Waals surface area (Å²) in [6, 6.07) is 9.28. The van der Waals surface area contributed by atoms with Gasteiger partial charge in [-0.1, -0.05) is 18.2 Å². The van der Waals surface area contributed by atoms with Crippen LogP contribution in [0, 0.1) is 5.92 Å². The lowest BCUT2D eigenvalue weighted by Crippen LogP contribution is -2.41. The van der Waals surface area contributed by atoms with E-state index in [0.717, 1.165) is 23.7 Å². The van der Waals surface area contributed by atoms with Gasteiger partial charge in [-0.3, -0.25) is 9.78 Å². The van der Waals surface area contributed by atoms with Crippen LogP contribution in [0.1, 0.15) is 23.2 Å². The summed E-state index contributed by atoms with van der Waals surface area (Å²) in [5, 5.41) is 3.82. The van der Waals surface area contributed by atoms with Crippen LogP contribution in [0.2, 0.25) is 0 Å². The van der Waals surface area contributed by atoms with E-state index >= 15 is 0 Å². The monoisotopic (exact) mass is 347 g/mol. The quantitative estimate of drug-likeness (QED) is 0.912. The molecule has 3 rings (SSSR count). The van der Waals surface area contributed by atoms with Crippen LogP contribution in [0.15, 0.2) is 36.5 Å². The minimum Gasteiger partial charge on any atom is -0.352 e. The number of hydrogen-bond acceptors (Lipinski definition) is 4. The van der Waals surface area contributed by atoms with Gasteiger partial charge >= 0.3 is 0 Å². The number of carbonyl (C=O) groups is 1. The van der Waals surface area contributed by atoms with E-state index in [9.17, 15) is 13.2 Å². The molecule has 1 aromatic heterocycles. The van der Waals surface area contributed by atoms with Crippen molar-refractivity contribution in [3.8, 4) is 0 Å². The van der Waals surface area contributed by atoms with Crippen molar-refractivity contribution in [3.63, 3.8) is 0 Å². The zero-order valence-electron chi connectivity index (χ0n) is 13.6. The van der Waals surface area contributed by atoms with E-state index in [2.05, 4.69) is 10.3 Å². The van der Waals surface area contributed by atoms with Gasteiger partial charge in [-0.15, -0.1) is 0 Å². The van der Waals surface area contributed by atoms with E-state index in [0.29, 0.717) is 31.1 Å². The largest absolute Gasteiger partial charge is 0.352 e. The van der Waals surface area contributed by atoms with E-state index in [-0.39, 0.29) is 5.91 Å². The Hall–Kier alpha value is -1.99. The molecule has 1 amide bonds. The molecule has 1 aliphatic rings. The number of sulfonamides is 1. The topological polar surface area (TPSA) is 79.4 Å². The normalized spacial score (nSPS) is 17.0. The van der Waals surface area contributed by atoms with Crippen molar-refractivity contribution in [1.29, 1.82) is 0 Å². The number of fused-ring (bicyclic) bond motifs is 1. The van der Waals surface area contributed by atoms with Gasteiger partial charge in [0.05, 0.1) is 17.3 Å². The average molecular weight is 347 g/mol. The molecule has 1 saturated heterocycles. The number of pyridine rings is 1. The van der Waals surface area contributed by atoms with Crippen LogP contribution in [0.5, 0.6) is 0 Å². The van der Waals surface area contributed by atoms with Gasteiger partial charge in [0.25, 0.3) is 5.91 Å². The van der Waals surface area contributed by atoms with E-state index in [1.807, 2.05) is 24.3 Å². The standard InChI is InChI=1S/C17H21N3O3S/c1-24(22,23)20-10-7-13(8-11-20)12-19-17(21)15-6-9-18-16-5-3-2-4-14(15)16/h2-6,9,13H,7-8,10-12H2,1H3,(H,19,21). The van der Waals surface area contributed by atoms with Crippen molar-refractivity contribution < 1.29 is 13.2 Å². The molecule has 24 heavy (non-hydrogen) atoms. The van der Waals surface area contributed by atoms with Crippen LogP contribution in [-0.2, 0) is 10.0 Å². The summed E-state index contributed by atoms with van der Waals surface area (Å²) >= 11 is 0. The van der Waals surface area contributed by atoms with Gasteiger partial charge in [0.1, 0.15) is 0 Å². The van der Waals surface area contributed by atoms with Crippen molar-refractivity contribution >= 4 is 26.8 Å². The number of benzene rings is 1. The molecule has 1 fully saturated rings. The second kappa shape index (κ2) is 6.86. The summed E-state index contributed by atoms with van der Waals surface area (Å²) in [5.41, 5.74) is 1.42. The van der Waals surface area contributed by atoms with Gasteiger partial charge in [0.2, 0.25) is 10.0 Å². The van der Waals surface area contributed by atoms with Gasteiger partial charge in [0, 0.05) is 31.2 Å². The molecule has 2 heterocycles. The number of nitrogens with one attached hydrogen (secondary N) is 1. The third kappa shape index (κ3) is 3.73. The number of amides is 1. The highest BCUT2D eigenvalue weighted by atomic mass is 32.2. The van der Waals surface area contributed by atoms with Crippen LogP contribution in [0.4, 0.5) is 0 Å². The van der Waals surface area contributed by atoms with Crippen LogP contribution in [0.3, 0.4) is 0 Å². The molecule has 2 aromatic rings. The number of nitrogens with zero attached hydrogens (tertiary/aromatic N) is 2. The SMILES string of the molecule is CS(=O)(=O)N1CCC(CNC(=O)c2ccnc3ccccc23)CC1. The molecule has 0 unspecified atom stereocenters. The third-order valence-electron chi connectivity index (χ3n) is 4.49. The van der Waals surface area contributed by atoms with E-state index in [1.165, 1.54) is 10.6 Å². The lowest BCUT2D eigenvalue weighted by Gasteiger charge is -2.30. The summed E-state index contributed by atoms with van der Waals surface area (Å²) in [6.45, 7) is 1.61. The van der Waals surface area contributed by atoms with Crippen molar-refractivity contribution in [2.45, 2.75) is 12.8 Å². The molecule has 1 aliphatic heterocycles. The lowest BCUT2D eigenvalue weighted by molar-refractivity contribution is 0.0943. The summed E-state index contributed by atoms with van der Waals surface area (Å²) < 4.78 is 24.5. The number of hydrogen-bond donors (Lipinski definition) is 1. The fourth-order valence-electron chi connectivity index (χ4n) is 3.07. The highest BCUT2D eigenvalue weighted by Gasteiger charge is 2.25. The van der Waals surface area contributed by atoms with E-state index in [4.69, 9.17) is 0 Å². The fraction of sp³-hybridized carbons (Fsp3) is 0.412. The van der Waals surface area contributed by atoms with Crippen LogP contribution in [-0.4, -0.2) is 49.5 Å². The van der Waals surface area contributed by atoms with E-state index < -0.39 is 10.0 Å². The maximum absolute atomic E-state index is 12.5. The maximum atomic E-state index is 12.5. The van der Waals surface area contributed by atoms with Crippen LogP contribution >= 0.6 is 0 Å². The smallest absolute Gasteiger partial charge is 0.252 e. The van der Waals surface area contributed by atoms with Crippen LogP contribution < -0.4 is 5.32 Å². The molecular formula is C17H21N3O3S. The first-order chi connectivity index (χ1) is 11.4. The zero-order valence-corrected chi connectivity index (χ0v) is 14.4. The highest BCUT2D eigenvalue weighted by Crippen LogP contribution is 2.19. The molecule has 0 atom stereocenters. The van der Waals surface area contributed by atoms with Crippen molar-refractivity contribution in [2.75, 3.05) is 25.9 Å². The number of aromatic nitrogens is 1. The Labute approximate surface area is 141 Å². The number of piperidine rings is 1. The Morgan fingerprint density at radius 1 is 1.25 bits per heavy atom. The first kappa shape index (κ1) is 16.9. The number of para-hydroxylation sites is 1. The third-order valence-corrected chi connectivity index (χ3v) is 5.79. The second-order valence-electron chi connectivity index (χ2n) is 6.19. The average Bonchev–Trinajstić information content (AvgIpc) is 2.59. The van der Waals surface area contributed by atoms with Gasteiger partial charge in [0.15, 0.2) is 0 Å². The van der Waals surface area contributed by atoms with Gasteiger partial charge in [-0.25, -0.2) is 12.7 Å². The number of carbonyl (C=O) groups excluding carboxylic acids is 1.